The zero-order chi connectivity index (χ0) is 18.8. The fourth-order valence-corrected chi connectivity index (χ4v) is 3.78. The lowest BCUT2D eigenvalue weighted by molar-refractivity contribution is -0.125. The molecule has 2 aromatic heterocycles. The first kappa shape index (κ1) is 17.9. The van der Waals surface area contributed by atoms with E-state index >= 15 is 0 Å². The number of carbonyl (C=O) groups excluding carboxylic acids is 1. The zero-order valence-electron chi connectivity index (χ0n) is 16.0. The maximum Gasteiger partial charge on any atom is 0.230 e. The normalized spacial score (nSPS) is 20.6. The molecule has 2 aliphatic rings. The number of carbonyl (C=O) groups is 1. The van der Waals surface area contributed by atoms with Gasteiger partial charge in [-0.2, -0.15) is 4.98 Å². The number of nitrogens with one attached hydrogen (secondary N) is 1. The molecule has 1 saturated heterocycles. The molecule has 1 aliphatic heterocycles. The lowest BCUT2D eigenvalue weighted by atomic mass is 9.85. The van der Waals surface area contributed by atoms with Crippen LogP contribution in [0.25, 0.3) is 11.4 Å². The second kappa shape index (κ2) is 7.66. The van der Waals surface area contributed by atoms with Gasteiger partial charge in [0, 0.05) is 31.2 Å². The Morgan fingerprint density at radius 2 is 2.15 bits per heavy atom. The van der Waals surface area contributed by atoms with Crippen LogP contribution in [0, 0.1) is 5.92 Å². The third kappa shape index (κ3) is 3.82. The van der Waals surface area contributed by atoms with Crippen molar-refractivity contribution in [1.29, 1.82) is 0 Å². The molecule has 7 nitrogen and oxygen atoms in total. The van der Waals surface area contributed by atoms with Gasteiger partial charge in [-0.25, -0.2) is 4.98 Å². The minimum absolute atomic E-state index is 0.0215. The van der Waals surface area contributed by atoms with Crippen LogP contribution < -0.4 is 10.2 Å². The van der Waals surface area contributed by atoms with Crippen LogP contribution in [-0.2, 0) is 4.79 Å². The van der Waals surface area contributed by atoms with Crippen LogP contribution in [0.15, 0.2) is 22.9 Å². The van der Waals surface area contributed by atoms with Crippen LogP contribution in [0.4, 0.5) is 5.82 Å². The average Bonchev–Trinajstić information content (AvgIpc) is 3.09. The van der Waals surface area contributed by atoms with Crippen molar-refractivity contribution >= 4 is 11.7 Å². The van der Waals surface area contributed by atoms with Gasteiger partial charge in [0.25, 0.3) is 0 Å². The van der Waals surface area contributed by atoms with Crippen LogP contribution in [0.3, 0.4) is 0 Å². The number of anilines is 1. The summed E-state index contributed by atoms with van der Waals surface area (Å²) in [6.45, 7) is 5.52. The zero-order valence-corrected chi connectivity index (χ0v) is 16.0. The molecule has 144 valence electrons. The molecule has 0 radical (unpaired) electrons. The van der Waals surface area contributed by atoms with Crippen LogP contribution in [-0.4, -0.2) is 40.2 Å². The van der Waals surface area contributed by atoms with E-state index in [-0.39, 0.29) is 17.9 Å². The van der Waals surface area contributed by atoms with Crippen molar-refractivity contribution in [3.05, 3.63) is 24.2 Å². The van der Waals surface area contributed by atoms with E-state index in [1.807, 2.05) is 26.0 Å². The van der Waals surface area contributed by atoms with Gasteiger partial charge in [0.2, 0.25) is 17.6 Å². The van der Waals surface area contributed by atoms with Crippen LogP contribution in [0.5, 0.6) is 0 Å². The fraction of sp³-hybridized carbons (Fsp3) is 0.600. The summed E-state index contributed by atoms with van der Waals surface area (Å²) in [5.41, 5.74) is 0.872. The number of nitrogens with zero attached hydrogens (tertiary/aromatic N) is 4. The second-order valence-corrected chi connectivity index (χ2v) is 7.91. The van der Waals surface area contributed by atoms with Gasteiger partial charge in [-0.3, -0.25) is 4.79 Å². The molecule has 0 aromatic carbocycles. The molecule has 1 atom stereocenters. The van der Waals surface area contributed by atoms with E-state index in [4.69, 9.17) is 4.52 Å². The Morgan fingerprint density at radius 3 is 2.89 bits per heavy atom. The number of hydrogen-bond acceptors (Lipinski definition) is 6. The predicted molar refractivity (Wildman–Crippen MR) is 102 cm³/mol. The number of amides is 1. The predicted octanol–water partition coefficient (Wildman–Crippen LogP) is 3.14. The Hall–Kier alpha value is -2.44. The molecule has 0 bridgehead atoms. The largest absolute Gasteiger partial charge is 0.355 e. The highest BCUT2D eigenvalue weighted by Gasteiger charge is 2.30. The Balaban J connectivity index is 1.55. The summed E-state index contributed by atoms with van der Waals surface area (Å²) in [4.78, 5) is 23.9. The second-order valence-electron chi connectivity index (χ2n) is 7.91. The topological polar surface area (TPSA) is 84.2 Å². The van der Waals surface area contributed by atoms with Crippen molar-refractivity contribution in [2.75, 3.05) is 18.0 Å². The molecule has 0 spiro atoms. The van der Waals surface area contributed by atoms with Gasteiger partial charge >= 0.3 is 0 Å². The summed E-state index contributed by atoms with van der Waals surface area (Å²) in [6, 6.07) is 4.03. The van der Waals surface area contributed by atoms with Gasteiger partial charge in [-0.05, 0) is 51.7 Å². The van der Waals surface area contributed by atoms with Crippen molar-refractivity contribution in [1.82, 2.24) is 20.4 Å². The van der Waals surface area contributed by atoms with E-state index in [0.717, 1.165) is 49.5 Å². The van der Waals surface area contributed by atoms with Gasteiger partial charge in [0.1, 0.15) is 5.82 Å². The van der Waals surface area contributed by atoms with Gasteiger partial charge < -0.3 is 14.7 Å². The number of hydrogen-bond donors (Lipinski definition) is 1. The highest BCUT2D eigenvalue weighted by molar-refractivity contribution is 5.80. The summed E-state index contributed by atoms with van der Waals surface area (Å²) in [6.07, 6.45) is 7.13. The summed E-state index contributed by atoms with van der Waals surface area (Å²) >= 11 is 0. The number of piperidine rings is 1. The Morgan fingerprint density at radius 1 is 1.30 bits per heavy atom. The van der Waals surface area contributed by atoms with E-state index in [9.17, 15) is 4.79 Å². The lowest BCUT2D eigenvalue weighted by Gasteiger charge is -2.34. The minimum atomic E-state index is -0.0215. The van der Waals surface area contributed by atoms with Gasteiger partial charge in [-0.15, -0.1) is 0 Å². The van der Waals surface area contributed by atoms with E-state index in [0.29, 0.717) is 18.3 Å². The highest BCUT2D eigenvalue weighted by Crippen LogP contribution is 2.37. The fourth-order valence-electron chi connectivity index (χ4n) is 3.78. The van der Waals surface area contributed by atoms with E-state index in [1.54, 1.807) is 6.20 Å². The van der Waals surface area contributed by atoms with Crippen LogP contribution in [0.2, 0.25) is 0 Å². The van der Waals surface area contributed by atoms with Crippen molar-refractivity contribution in [3.8, 4) is 11.4 Å². The molecule has 2 aromatic rings. The molecule has 1 N–H and O–H groups in total. The van der Waals surface area contributed by atoms with E-state index in [2.05, 4.69) is 25.3 Å². The summed E-state index contributed by atoms with van der Waals surface area (Å²) in [7, 11) is 0. The molecule has 4 rings (SSSR count). The molecule has 1 aliphatic carbocycles. The first-order valence-corrected chi connectivity index (χ1v) is 9.96. The van der Waals surface area contributed by atoms with Gasteiger partial charge in [0.05, 0.1) is 11.5 Å². The first-order valence-electron chi connectivity index (χ1n) is 9.96. The van der Waals surface area contributed by atoms with Crippen molar-refractivity contribution in [2.24, 2.45) is 5.92 Å². The van der Waals surface area contributed by atoms with Gasteiger partial charge in [-0.1, -0.05) is 11.6 Å². The molecule has 2 fully saturated rings. The molecule has 1 saturated carbocycles. The van der Waals surface area contributed by atoms with Crippen molar-refractivity contribution < 1.29 is 9.32 Å². The Bertz CT molecular complexity index is 799. The standard InChI is InChI=1S/C20H27N5O2/c1-13(2)22-19(26)15-8-5-11-25(12-15)18-16(9-4-10-21-18)17-23-20(27-24-17)14-6-3-7-14/h4,9-10,13-15H,3,5-8,11-12H2,1-2H3,(H,22,26)/t15-/m1/s1. The summed E-state index contributed by atoms with van der Waals surface area (Å²) in [5.74, 6) is 2.67. The van der Waals surface area contributed by atoms with Crippen molar-refractivity contribution in [2.45, 2.75) is 57.9 Å². The smallest absolute Gasteiger partial charge is 0.230 e. The third-order valence-corrected chi connectivity index (χ3v) is 5.45. The maximum absolute atomic E-state index is 12.5. The Labute approximate surface area is 159 Å². The van der Waals surface area contributed by atoms with Crippen molar-refractivity contribution in [3.63, 3.8) is 0 Å². The molecular weight excluding hydrogens is 342 g/mol. The van der Waals surface area contributed by atoms with Gasteiger partial charge in [0.15, 0.2) is 0 Å². The molecular formula is C20H27N5O2. The quantitative estimate of drug-likeness (QED) is 0.872. The molecule has 1 amide bonds. The first-order chi connectivity index (χ1) is 13.1. The summed E-state index contributed by atoms with van der Waals surface area (Å²) < 4.78 is 5.50. The highest BCUT2D eigenvalue weighted by atomic mass is 16.5. The Kier molecular flexibility index (Phi) is 5.09. The van der Waals surface area contributed by atoms with E-state index < -0.39 is 0 Å². The van der Waals surface area contributed by atoms with Crippen LogP contribution >= 0.6 is 0 Å². The molecule has 7 heteroatoms. The molecule has 3 heterocycles. The van der Waals surface area contributed by atoms with Crippen LogP contribution in [0.1, 0.15) is 57.8 Å². The lowest BCUT2D eigenvalue weighted by Crippen LogP contribution is -2.45. The number of rotatable bonds is 5. The maximum atomic E-state index is 12.5. The minimum Gasteiger partial charge on any atom is -0.355 e. The summed E-state index contributed by atoms with van der Waals surface area (Å²) in [5, 5.41) is 7.24. The third-order valence-electron chi connectivity index (χ3n) is 5.45. The molecule has 27 heavy (non-hydrogen) atoms. The van der Waals surface area contributed by atoms with E-state index in [1.165, 1.54) is 6.42 Å². The monoisotopic (exact) mass is 369 g/mol. The average molecular weight is 369 g/mol. The molecule has 0 unspecified atom stereocenters. The number of pyridine rings is 1. The number of aromatic nitrogens is 3. The SMILES string of the molecule is CC(C)NC(=O)[C@@H]1CCCN(c2ncccc2-c2noc(C3CCC3)n2)C1.